The van der Waals surface area contributed by atoms with Crippen molar-refractivity contribution in [1.82, 2.24) is 0 Å². The van der Waals surface area contributed by atoms with Crippen molar-refractivity contribution in [1.29, 1.82) is 0 Å². The van der Waals surface area contributed by atoms with E-state index in [9.17, 15) is 18.5 Å². The van der Waals surface area contributed by atoms with E-state index in [0.717, 1.165) is 17.5 Å². The summed E-state index contributed by atoms with van der Waals surface area (Å²) < 4.78 is 40.1. The number of hydrogen-bond donors (Lipinski definition) is 1. The van der Waals surface area contributed by atoms with Gasteiger partial charge in [-0.25, -0.2) is 8.42 Å². The van der Waals surface area contributed by atoms with Crippen molar-refractivity contribution in [3.8, 4) is 11.5 Å². The summed E-state index contributed by atoms with van der Waals surface area (Å²) in [5, 5.41) is 11.4. The molecule has 3 aromatic carbocycles. The van der Waals surface area contributed by atoms with Crippen molar-refractivity contribution in [3.05, 3.63) is 76.8 Å². The zero-order valence-corrected chi connectivity index (χ0v) is 20.2. The number of nitrogens with zero attached hydrogens (tertiary/aromatic N) is 3. The molecule has 1 heterocycles. The summed E-state index contributed by atoms with van der Waals surface area (Å²) >= 11 is 0. The Labute approximate surface area is 203 Å². The summed E-state index contributed by atoms with van der Waals surface area (Å²) in [5.74, 6) is 1.11. The van der Waals surface area contributed by atoms with Gasteiger partial charge in [-0.2, -0.15) is 0 Å². The zero-order chi connectivity index (χ0) is 25.0. The molecule has 4 rings (SSSR count). The molecule has 3 aromatic rings. The Bertz CT molecular complexity index is 1320. The minimum absolute atomic E-state index is 0.164. The largest absolute Gasteiger partial charge is 0.495 e. The molecule has 0 unspecified atom stereocenters. The summed E-state index contributed by atoms with van der Waals surface area (Å²) in [6, 6.07) is 18.2. The van der Waals surface area contributed by atoms with Gasteiger partial charge in [-0.05, 0) is 30.3 Å². The average Bonchev–Trinajstić information content (AvgIpc) is 2.88. The van der Waals surface area contributed by atoms with Crippen molar-refractivity contribution in [3.63, 3.8) is 0 Å². The Morgan fingerprint density at radius 2 is 1.40 bits per heavy atom. The highest BCUT2D eigenvalue weighted by molar-refractivity contribution is 7.93. The maximum atomic E-state index is 13.4. The number of para-hydroxylation sites is 4. The Morgan fingerprint density at radius 3 is 2.03 bits per heavy atom. The molecule has 0 bridgehead atoms. The zero-order valence-electron chi connectivity index (χ0n) is 19.4. The van der Waals surface area contributed by atoms with E-state index in [1.165, 1.54) is 19.2 Å². The van der Waals surface area contributed by atoms with E-state index in [2.05, 4.69) is 9.62 Å². The summed E-state index contributed by atoms with van der Waals surface area (Å²) in [6.07, 6.45) is 0. The van der Waals surface area contributed by atoms with Crippen LogP contribution in [0.4, 0.5) is 22.7 Å². The molecule has 1 aliphatic heterocycles. The number of nitro groups is 1. The fourth-order valence-electron chi connectivity index (χ4n) is 4.10. The topological polar surface area (TPSA) is 114 Å². The first kappa shape index (κ1) is 24.1. The highest BCUT2D eigenvalue weighted by atomic mass is 32.2. The normalized spacial score (nSPS) is 13.9. The third-order valence-electron chi connectivity index (χ3n) is 5.84. The van der Waals surface area contributed by atoms with Gasteiger partial charge in [-0.1, -0.05) is 24.3 Å². The van der Waals surface area contributed by atoms with Crippen LogP contribution < -0.4 is 24.0 Å². The number of sulfonamides is 1. The molecule has 35 heavy (non-hydrogen) atoms. The van der Waals surface area contributed by atoms with Crippen LogP contribution in [0, 0.1) is 10.1 Å². The summed E-state index contributed by atoms with van der Waals surface area (Å²) in [6.45, 7) is 2.29. The molecule has 184 valence electrons. The van der Waals surface area contributed by atoms with Crippen molar-refractivity contribution >= 4 is 32.8 Å². The monoisotopic (exact) mass is 498 g/mol. The molecule has 1 fully saturated rings. The molecule has 0 atom stereocenters. The Balaban J connectivity index is 1.64. The number of nitro benzene ring substituents is 1. The smallest absolute Gasteiger partial charge is 0.270 e. The molecule has 0 aliphatic carbocycles. The van der Waals surface area contributed by atoms with E-state index in [0.29, 0.717) is 37.6 Å². The number of nitrogens with one attached hydrogen (secondary N) is 1. The van der Waals surface area contributed by atoms with E-state index in [1.54, 1.807) is 31.4 Å². The number of hydrogen-bond acceptors (Lipinski definition) is 8. The number of methoxy groups -OCH3 is 2. The van der Waals surface area contributed by atoms with Crippen LogP contribution in [0.5, 0.6) is 11.5 Å². The van der Waals surface area contributed by atoms with E-state index >= 15 is 0 Å². The highest BCUT2D eigenvalue weighted by Gasteiger charge is 2.28. The van der Waals surface area contributed by atoms with Gasteiger partial charge < -0.3 is 19.3 Å². The number of benzene rings is 3. The van der Waals surface area contributed by atoms with Gasteiger partial charge in [0.15, 0.2) is 0 Å². The molecule has 0 spiro atoms. The van der Waals surface area contributed by atoms with Gasteiger partial charge in [0.25, 0.3) is 15.7 Å². The van der Waals surface area contributed by atoms with Gasteiger partial charge in [0.2, 0.25) is 0 Å². The maximum absolute atomic E-state index is 13.4. The number of non-ortho nitro benzene ring substituents is 1. The molecule has 0 saturated carbocycles. The van der Waals surface area contributed by atoms with Gasteiger partial charge in [-0.15, -0.1) is 0 Å². The van der Waals surface area contributed by atoms with E-state index in [4.69, 9.17) is 9.47 Å². The Morgan fingerprint density at radius 1 is 0.829 bits per heavy atom. The first-order valence-electron chi connectivity index (χ1n) is 10.9. The lowest BCUT2D eigenvalue weighted by atomic mass is 10.2. The predicted octanol–water partition coefficient (Wildman–Crippen LogP) is 3.74. The first-order valence-corrected chi connectivity index (χ1v) is 12.4. The fraction of sp³-hybridized carbons (Fsp3) is 0.250. The minimum atomic E-state index is -4.17. The second kappa shape index (κ2) is 10.1. The molecule has 10 nitrogen and oxygen atoms in total. The molecule has 1 aliphatic rings. The SMILES string of the molecule is COc1ccccc1NS(=O)(=O)c1cc([N+](=O)[O-])ccc1N1CCN(c2ccccc2OC)CC1. The molecular weight excluding hydrogens is 472 g/mol. The molecule has 1 saturated heterocycles. The van der Waals surface area contributed by atoms with Gasteiger partial charge >= 0.3 is 0 Å². The van der Waals surface area contributed by atoms with Crippen molar-refractivity contribution < 1.29 is 22.8 Å². The number of anilines is 3. The summed E-state index contributed by atoms with van der Waals surface area (Å²) in [7, 11) is -1.11. The number of rotatable bonds is 8. The van der Waals surface area contributed by atoms with Gasteiger partial charge in [-0.3, -0.25) is 14.8 Å². The van der Waals surface area contributed by atoms with Crippen LogP contribution in [0.25, 0.3) is 0 Å². The highest BCUT2D eigenvalue weighted by Crippen LogP contribution is 2.35. The van der Waals surface area contributed by atoms with E-state index in [-0.39, 0.29) is 16.3 Å². The van der Waals surface area contributed by atoms with Gasteiger partial charge in [0.05, 0.1) is 36.2 Å². The van der Waals surface area contributed by atoms with E-state index < -0.39 is 14.9 Å². The van der Waals surface area contributed by atoms with Crippen LogP contribution in [0.2, 0.25) is 0 Å². The van der Waals surface area contributed by atoms with Crippen LogP contribution in [-0.2, 0) is 10.0 Å². The number of piperazine rings is 1. The van der Waals surface area contributed by atoms with Crippen LogP contribution in [-0.4, -0.2) is 53.7 Å². The quantitative estimate of drug-likeness (QED) is 0.369. The Kier molecular flexibility index (Phi) is 6.97. The number of ether oxygens (including phenoxy) is 2. The fourth-order valence-corrected chi connectivity index (χ4v) is 5.42. The predicted molar refractivity (Wildman–Crippen MR) is 134 cm³/mol. The third-order valence-corrected chi connectivity index (χ3v) is 7.24. The average molecular weight is 499 g/mol. The molecular formula is C24H26N4O6S. The summed E-state index contributed by atoms with van der Waals surface area (Å²) in [4.78, 5) is 14.7. The van der Waals surface area contributed by atoms with E-state index in [1.807, 2.05) is 29.2 Å². The van der Waals surface area contributed by atoms with Crippen molar-refractivity contribution in [2.45, 2.75) is 4.90 Å². The lowest BCUT2D eigenvalue weighted by Gasteiger charge is -2.38. The molecule has 0 aromatic heterocycles. The van der Waals surface area contributed by atoms with Crippen LogP contribution >= 0.6 is 0 Å². The van der Waals surface area contributed by atoms with Crippen LogP contribution in [0.3, 0.4) is 0 Å². The Hall–Kier alpha value is -3.99. The summed E-state index contributed by atoms with van der Waals surface area (Å²) in [5.41, 5.74) is 1.30. The molecule has 0 radical (unpaired) electrons. The van der Waals surface area contributed by atoms with Gasteiger partial charge in [0.1, 0.15) is 16.4 Å². The molecule has 1 N–H and O–H groups in total. The van der Waals surface area contributed by atoms with Crippen LogP contribution in [0.1, 0.15) is 0 Å². The molecule has 11 heteroatoms. The minimum Gasteiger partial charge on any atom is -0.495 e. The molecule has 0 amide bonds. The third kappa shape index (κ3) is 5.09. The van der Waals surface area contributed by atoms with Crippen molar-refractivity contribution in [2.75, 3.05) is 54.9 Å². The maximum Gasteiger partial charge on any atom is 0.270 e. The van der Waals surface area contributed by atoms with Crippen molar-refractivity contribution in [2.24, 2.45) is 0 Å². The van der Waals surface area contributed by atoms with Crippen LogP contribution in [0.15, 0.2) is 71.6 Å². The first-order chi connectivity index (χ1) is 16.8. The van der Waals surface area contributed by atoms with Gasteiger partial charge in [0, 0.05) is 38.3 Å². The second-order valence-electron chi connectivity index (χ2n) is 7.86. The lowest BCUT2D eigenvalue weighted by Crippen LogP contribution is -2.47. The lowest BCUT2D eigenvalue weighted by molar-refractivity contribution is -0.385. The standard InChI is InChI=1S/C24H26N4O6S/c1-33-22-9-5-3-7-19(22)25-35(31,32)24-17-18(28(29)30)11-12-21(24)27-15-13-26(14-16-27)20-8-4-6-10-23(20)34-2/h3-12,17,25H,13-16H2,1-2H3. The second-order valence-corrected chi connectivity index (χ2v) is 9.51.